The lowest BCUT2D eigenvalue weighted by Gasteiger charge is -2.12. The number of thiazole rings is 1. The van der Waals surface area contributed by atoms with Crippen molar-refractivity contribution in [2.24, 2.45) is 0 Å². The number of aliphatic hydroxyl groups is 1. The second kappa shape index (κ2) is 3.51. The van der Waals surface area contributed by atoms with Gasteiger partial charge in [-0.3, -0.25) is 4.90 Å². The molecular formula is C8H12N2OS. The minimum absolute atomic E-state index is 0.122. The van der Waals surface area contributed by atoms with Crippen LogP contribution in [0.1, 0.15) is 12.1 Å². The molecule has 0 aliphatic carbocycles. The molecule has 1 aliphatic rings. The molecule has 1 fully saturated rings. The maximum atomic E-state index is 9.27. The van der Waals surface area contributed by atoms with Crippen molar-refractivity contribution in [3.63, 3.8) is 0 Å². The van der Waals surface area contributed by atoms with Crippen LogP contribution in [0.15, 0.2) is 10.9 Å². The van der Waals surface area contributed by atoms with Crippen molar-refractivity contribution < 1.29 is 5.11 Å². The van der Waals surface area contributed by atoms with E-state index in [0.29, 0.717) is 0 Å². The van der Waals surface area contributed by atoms with Crippen molar-refractivity contribution in [2.45, 2.75) is 19.1 Å². The van der Waals surface area contributed by atoms with Gasteiger partial charge in [-0.05, 0) is 6.42 Å². The van der Waals surface area contributed by atoms with Crippen LogP contribution < -0.4 is 0 Å². The molecule has 2 rings (SSSR count). The Morgan fingerprint density at radius 3 is 3.25 bits per heavy atom. The van der Waals surface area contributed by atoms with Crippen LogP contribution in [0.25, 0.3) is 0 Å². The topological polar surface area (TPSA) is 36.4 Å². The van der Waals surface area contributed by atoms with Gasteiger partial charge in [0.05, 0.1) is 17.3 Å². The van der Waals surface area contributed by atoms with Gasteiger partial charge in [0, 0.05) is 25.0 Å². The average Bonchev–Trinajstić information content (AvgIpc) is 2.63. The first-order valence-electron chi connectivity index (χ1n) is 4.12. The first-order valence-corrected chi connectivity index (χ1v) is 5.06. The zero-order chi connectivity index (χ0) is 8.39. The number of β-amino-alcohol motifs (C(OH)–C–C–N with tert-alkyl or cyclic N) is 1. The van der Waals surface area contributed by atoms with E-state index in [4.69, 9.17) is 0 Å². The van der Waals surface area contributed by atoms with Crippen molar-refractivity contribution in [3.8, 4) is 0 Å². The summed E-state index contributed by atoms with van der Waals surface area (Å²) in [7, 11) is 0. The number of rotatable bonds is 2. The fourth-order valence-corrected chi connectivity index (χ4v) is 2.05. The lowest BCUT2D eigenvalue weighted by atomic mass is 10.3. The van der Waals surface area contributed by atoms with Crippen LogP contribution in [0.4, 0.5) is 0 Å². The predicted molar refractivity (Wildman–Crippen MR) is 48.0 cm³/mol. The quantitative estimate of drug-likeness (QED) is 0.735. The van der Waals surface area contributed by atoms with E-state index in [9.17, 15) is 5.11 Å². The third-order valence-electron chi connectivity index (χ3n) is 2.12. The molecule has 4 heteroatoms. The van der Waals surface area contributed by atoms with Crippen molar-refractivity contribution in [1.29, 1.82) is 0 Å². The highest BCUT2D eigenvalue weighted by molar-refractivity contribution is 7.07. The van der Waals surface area contributed by atoms with Crippen LogP contribution in [0.3, 0.4) is 0 Å². The van der Waals surface area contributed by atoms with Crippen LogP contribution in [0.2, 0.25) is 0 Å². The molecule has 0 radical (unpaired) electrons. The summed E-state index contributed by atoms with van der Waals surface area (Å²) in [4.78, 5) is 6.44. The van der Waals surface area contributed by atoms with E-state index in [-0.39, 0.29) is 6.10 Å². The standard InChI is InChI=1S/C8H12N2OS/c11-8-1-2-10(4-8)3-7-5-12-6-9-7/h5-6,8,11H,1-4H2/t8-/m1/s1. The Morgan fingerprint density at radius 1 is 1.75 bits per heavy atom. The minimum Gasteiger partial charge on any atom is -0.392 e. The van der Waals surface area contributed by atoms with E-state index in [2.05, 4.69) is 15.3 Å². The Balaban J connectivity index is 1.88. The summed E-state index contributed by atoms with van der Waals surface area (Å²) in [6, 6.07) is 0. The molecule has 0 unspecified atom stereocenters. The fourth-order valence-electron chi connectivity index (χ4n) is 1.50. The molecule has 0 amide bonds. The summed E-state index contributed by atoms with van der Waals surface area (Å²) in [6.45, 7) is 2.69. The number of aromatic nitrogens is 1. The molecule has 1 aromatic heterocycles. The van der Waals surface area contributed by atoms with Gasteiger partial charge in [0.1, 0.15) is 0 Å². The van der Waals surface area contributed by atoms with E-state index < -0.39 is 0 Å². The highest BCUT2D eigenvalue weighted by Crippen LogP contribution is 2.12. The molecule has 1 N–H and O–H groups in total. The van der Waals surface area contributed by atoms with Gasteiger partial charge in [-0.2, -0.15) is 0 Å². The Morgan fingerprint density at radius 2 is 2.67 bits per heavy atom. The summed E-state index contributed by atoms with van der Waals surface area (Å²) in [5, 5.41) is 11.3. The van der Waals surface area contributed by atoms with Crippen LogP contribution in [-0.4, -0.2) is 34.2 Å². The van der Waals surface area contributed by atoms with Gasteiger partial charge in [-0.1, -0.05) is 0 Å². The minimum atomic E-state index is -0.122. The molecule has 0 spiro atoms. The highest BCUT2D eigenvalue weighted by atomic mass is 32.1. The largest absolute Gasteiger partial charge is 0.392 e. The van der Waals surface area contributed by atoms with Crippen molar-refractivity contribution in [3.05, 3.63) is 16.6 Å². The molecule has 66 valence electrons. The normalized spacial score (nSPS) is 24.9. The van der Waals surface area contributed by atoms with E-state index in [1.165, 1.54) is 0 Å². The Kier molecular flexibility index (Phi) is 2.39. The van der Waals surface area contributed by atoms with Gasteiger partial charge in [0.2, 0.25) is 0 Å². The van der Waals surface area contributed by atoms with E-state index in [1.807, 2.05) is 5.51 Å². The van der Waals surface area contributed by atoms with E-state index in [1.54, 1.807) is 11.3 Å². The molecule has 1 saturated heterocycles. The first kappa shape index (κ1) is 8.16. The third kappa shape index (κ3) is 1.83. The van der Waals surface area contributed by atoms with Crippen LogP contribution in [0, 0.1) is 0 Å². The van der Waals surface area contributed by atoms with Crippen LogP contribution >= 0.6 is 11.3 Å². The summed E-state index contributed by atoms with van der Waals surface area (Å²) in [5.74, 6) is 0. The number of hydrogen-bond donors (Lipinski definition) is 1. The highest BCUT2D eigenvalue weighted by Gasteiger charge is 2.20. The lowest BCUT2D eigenvalue weighted by Crippen LogP contribution is -2.21. The smallest absolute Gasteiger partial charge is 0.0795 e. The first-order chi connectivity index (χ1) is 5.84. The molecule has 2 heterocycles. The van der Waals surface area contributed by atoms with Gasteiger partial charge in [-0.15, -0.1) is 11.3 Å². The maximum Gasteiger partial charge on any atom is 0.0795 e. The molecule has 0 aromatic carbocycles. The fraction of sp³-hybridized carbons (Fsp3) is 0.625. The second-order valence-corrected chi connectivity index (χ2v) is 3.88. The lowest BCUT2D eigenvalue weighted by molar-refractivity contribution is 0.174. The Hall–Kier alpha value is -0.450. The predicted octanol–water partition coefficient (Wildman–Crippen LogP) is 0.710. The number of hydrogen-bond acceptors (Lipinski definition) is 4. The summed E-state index contributed by atoms with van der Waals surface area (Å²) >= 11 is 1.62. The summed E-state index contributed by atoms with van der Waals surface area (Å²) < 4.78 is 0. The molecular weight excluding hydrogens is 172 g/mol. The Labute approximate surface area is 75.7 Å². The van der Waals surface area contributed by atoms with Gasteiger partial charge >= 0.3 is 0 Å². The van der Waals surface area contributed by atoms with Gasteiger partial charge in [0.25, 0.3) is 0 Å². The zero-order valence-electron chi connectivity index (χ0n) is 6.81. The number of likely N-dealkylation sites (tertiary alicyclic amines) is 1. The van der Waals surface area contributed by atoms with E-state index in [0.717, 1.165) is 31.7 Å². The monoisotopic (exact) mass is 184 g/mol. The van der Waals surface area contributed by atoms with Crippen molar-refractivity contribution >= 4 is 11.3 Å². The molecule has 0 bridgehead atoms. The van der Waals surface area contributed by atoms with Gasteiger partial charge in [0.15, 0.2) is 0 Å². The van der Waals surface area contributed by atoms with Crippen LogP contribution in [0.5, 0.6) is 0 Å². The average molecular weight is 184 g/mol. The molecule has 1 aliphatic heterocycles. The van der Waals surface area contributed by atoms with Crippen molar-refractivity contribution in [1.82, 2.24) is 9.88 Å². The van der Waals surface area contributed by atoms with Gasteiger partial charge < -0.3 is 5.11 Å². The summed E-state index contributed by atoms with van der Waals surface area (Å²) in [5.41, 5.74) is 2.97. The molecule has 3 nitrogen and oxygen atoms in total. The van der Waals surface area contributed by atoms with Crippen LogP contribution in [-0.2, 0) is 6.54 Å². The van der Waals surface area contributed by atoms with E-state index >= 15 is 0 Å². The molecule has 1 aromatic rings. The van der Waals surface area contributed by atoms with Crippen molar-refractivity contribution in [2.75, 3.05) is 13.1 Å². The molecule has 12 heavy (non-hydrogen) atoms. The molecule has 1 atom stereocenters. The Bertz CT molecular complexity index is 237. The summed E-state index contributed by atoms with van der Waals surface area (Å²) in [6.07, 6.45) is 0.785. The third-order valence-corrected chi connectivity index (χ3v) is 2.75. The van der Waals surface area contributed by atoms with Gasteiger partial charge in [-0.25, -0.2) is 4.98 Å². The zero-order valence-corrected chi connectivity index (χ0v) is 7.63. The number of aliphatic hydroxyl groups excluding tert-OH is 1. The SMILES string of the molecule is O[C@@H]1CCN(Cc2cscn2)C1. The second-order valence-electron chi connectivity index (χ2n) is 3.16. The molecule has 0 saturated carbocycles. The maximum absolute atomic E-state index is 9.27. The number of nitrogens with zero attached hydrogens (tertiary/aromatic N) is 2.